The molecule has 1 atom stereocenters. The second-order valence-electron chi connectivity index (χ2n) is 3.98. The van der Waals surface area contributed by atoms with Gasteiger partial charge in [0.25, 0.3) is 5.91 Å². The number of benzene rings is 1. The minimum absolute atomic E-state index is 0.0768. The van der Waals surface area contributed by atoms with Gasteiger partial charge in [-0.25, -0.2) is 0 Å². The smallest absolute Gasteiger partial charge is 0.251 e. The number of amides is 1. The Balaban J connectivity index is 2.41. The zero-order valence-corrected chi connectivity index (χ0v) is 9.86. The van der Waals surface area contributed by atoms with Crippen LogP contribution in [0.1, 0.15) is 35.7 Å². The van der Waals surface area contributed by atoms with E-state index in [1.807, 2.05) is 32.0 Å². The summed E-state index contributed by atoms with van der Waals surface area (Å²) < 4.78 is 0. The molecule has 0 aliphatic heterocycles. The van der Waals surface area contributed by atoms with E-state index in [0.29, 0.717) is 18.5 Å². The summed E-state index contributed by atoms with van der Waals surface area (Å²) in [5.41, 5.74) is 1.74. The zero-order chi connectivity index (χ0) is 12.0. The first-order chi connectivity index (χ1) is 7.63. The average molecular weight is 221 g/mol. The van der Waals surface area contributed by atoms with Crippen LogP contribution in [-0.2, 0) is 0 Å². The van der Waals surface area contributed by atoms with Gasteiger partial charge in [0.15, 0.2) is 0 Å². The number of aliphatic hydroxyl groups excluding tert-OH is 1. The summed E-state index contributed by atoms with van der Waals surface area (Å²) in [6.07, 6.45) is 1.01. The molecule has 0 heterocycles. The SMILES string of the molecule is CCC(O)CCNC(=O)c1cccc(C)c1. The average Bonchev–Trinajstić information content (AvgIpc) is 2.28. The fourth-order valence-electron chi connectivity index (χ4n) is 1.44. The number of carbonyl (C=O) groups is 1. The predicted molar refractivity (Wildman–Crippen MR) is 64.4 cm³/mol. The molecule has 1 unspecified atom stereocenters. The molecule has 0 saturated carbocycles. The van der Waals surface area contributed by atoms with Crippen molar-refractivity contribution >= 4 is 5.91 Å². The molecule has 0 fully saturated rings. The topological polar surface area (TPSA) is 49.3 Å². The zero-order valence-electron chi connectivity index (χ0n) is 9.86. The highest BCUT2D eigenvalue weighted by atomic mass is 16.3. The lowest BCUT2D eigenvalue weighted by Gasteiger charge is -2.09. The highest BCUT2D eigenvalue weighted by molar-refractivity contribution is 5.94. The van der Waals surface area contributed by atoms with Crippen molar-refractivity contribution in [2.24, 2.45) is 0 Å². The summed E-state index contributed by atoms with van der Waals surface area (Å²) >= 11 is 0. The number of aryl methyl sites for hydroxylation is 1. The Hall–Kier alpha value is -1.35. The van der Waals surface area contributed by atoms with E-state index in [0.717, 1.165) is 12.0 Å². The molecule has 0 bridgehead atoms. The first-order valence-electron chi connectivity index (χ1n) is 5.66. The molecule has 16 heavy (non-hydrogen) atoms. The third kappa shape index (κ3) is 4.03. The molecule has 0 aliphatic carbocycles. The Kier molecular flexibility index (Phi) is 4.99. The van der Waals surface area contributed by atoms with E-state index in [1.54, 1.807) is 6.07 Å². The lowest BCUT2D eigenvalue weighted by Crippen LogP contribution is -2.27. The molecule has 1 aromatic rings. The fourth-order valence-corrected chi connectivity index (χ4v) is 1.44. The second kappa shape index (κ2) is 6.28. The minimum Gasteiger partial charge on any atom is -0.393 e. The van der Waals surface area contributed by atoms with Crippen LogP contribution in [0.25, 0.3) is 0 Å². The van der Waals surface area contributed by atoms with Crippen molar-refractivity contribution in [1.82, 2.24) is 5.32 Å². The third-order valence-corrected chi connectivity index (χ3v) is 2.51. The van der Waals surface area contributed by atoms with Crippen LogP contribution in [0.3, 0.4) is 0 Å². The van der Waals surface area contributed by atoms with Crippen LogP contribution < -0.4 is 5.32 Å². The van der Waals surface area contributed by atoms with Gasteiger partial charge < -0.3 is 10.4 Å². The van der Waals surface area contributed by atoms with E-state index >= 15 is 0 Å². The summed E-state index contributed by atoms with van der Waals surface area (Å²) in [6.45, 7) is 4.40. The Morgan fingerprint density at radius 1 is 1.50 bits per heavy atom. The standard InChI is InChI=1S/C13H19NO2/c1-3-12(15)7-8-14-13(16)11-6-4-5-10(2)9-11/h4-6,9,12,15H,3,7-8H2,1-2H3,(H,14,16). The van der Waals surface area contributed by atoms with E-state index < -0.39 is 0 Å². The van der Waals surface area contributed by atoms with E-state index in [4.69, 9.17) is 0 Å². The van der Waals surface area contributed by atoms with E-state index in [1.165, 1.54) is 0 Å². The van der Waals surface area contributed by atoms with Crippen molar-refractivity contribution in [2.75, 3.05) is 6.54 Å². The van der Waals surface area contributed by atoms with Crippen molar-refractivity contribution in [3.05, 3.63) is 35.4 Å². The van der Waals surface area contributed by atoms with Gasteiger partial charge in [-0.3, -0.25) is 4.79 Å². The second-order valence-corrected chi connectivity index (χ2v) is 3.98. The van der Waals surface area contributed by atoms with Gasteiger partial charge in [-0.15, -0.1) is 0 Å². The lowest BCUT2D eigenvalue weighted by atomic mass is 10.1. The molecule has 2 N–H and O–H groups in total. The summed E-state index contributed by atoms with van der Waals surface area (Å²) in [4.78, 5) is 11.7. The van der Waals surface area contributed by atoms with Gasteiger partial charge >= 0.3 is 0 Å². The van der Waals surface area contributed by atoms with Gasteiger partial charge in [0.2, 0.25) is 0 Å². The van der Waals surface area contributed by atoms with Gasteiger partial charge in [-0.05, 0) is 31.9 Å². The van der Waals surface area contributed by atoms with Gasteiger partial charge in [0.1, 0.15) is 0 Å². The van der Waals surface area contributed by atoms with Crippen molar-refractivity contribution in [1.29, 1.82) is 0 Å². The minimum atomic E-state index is -0.321. The molecular formula is C13H19NO2. The molecule has 0 radical (unpaired) electrons. The molecule has 1 aromatic carbocycles. The molecular weight excluding hydrogens is 202 g/mol. The molecule has 0 aromatic heterocycles. The highest BCUT2D eigenvalue weighted by Crippen LogP contribution is 2.03. The van der Waals surface area contributed by atoms with Crippen LogP contribution in [0.5, 0.6) is 0 Å². The molecule has 0 spiro atoms. The Morgan fingerprint density at radius 2 is 2.25 bits per heavy atom. The number of rotatable bonds is 5. The van der Waals surface area contributed by atoms with Gasteiger partial charge in [-0.1, -0.05) is 24.6 Å². The maximum absolute atomic E-state index is 11.7. The summed E-state index contributed by atoms with van der Waals surface area (Å²) in [5, 5.41) is 12.1. The van der Waals surface area contributed by atoms with Crippen LogP contribution >= 0.6 is 0 Å². The number of nitrogens with one attached hydrogen (secondary N) is 1. The number of hydrogen-bond donors (Lipinski definition) is 2. The molecule has 1 rings (SSSR count). The van der Waals surface area contributed by atoms with Crippen molar-refractivity contribution < 1.29 is 9.90 Å². The van der Waals surface area contributed by atoms with Crippen LogP contribution in [-0.4, -0.2) is 23.7 Å². The highest BCUT2D eigenvalue weighted by Gasteiger charge is 2.06. The molecule has 0 aliphatic rings. The maximum Gasteiger partial charge on any atom is 0.251 e. The third-order valence-electron chi connectivity index (χ3n) is 2.51. The first-order valence-corrected chi connectivity index (χ1v) is 5.66. The molecule has 88 valence electrons. The number of hydrogen-bond acceptors (Lipinski definition) is 2. The number of aliphatic hydroxyl groups is 1. The molecule has 1 amide bonds. The van der Waals surface area contributed by atoms with E-state index in [9.17, 15) is 9.90 Å². The van der Waals surface area contributed by atoms with Gasteiger partial charge in [0.05, 0.1) is 6.10 Å². The number of carbonyl (C=O) groups excluding carboxylic acids is 1. The van der Waals surface area contributed by atoms with Crippen LogP contribution in [0.2, 0.25) is 0 Å². The van der Waals surface area contributed by atoms with Gasteiger partial charge in [-0.2, -0.15) is 0 Å². The first kappa shape index (κ1) is 12.7. The van der Waals surface area contributed by atoms with Crippen LogP contribution in [0, 0.1) is 6.92 Å². The van der Waals surface area contributed by atoms with Gasteiger partial charge in [0, 0.05) is 12.1 Å². The van der Waals surface area contributed by atoms with Crippen LogP contribution in [0.15, 0.2) is 24.3 Å². The lowest BCUT2D eigenvalue weighted by molar-refractivity contribution is 0.0942. The summed E-state index contributed by atoms with van der Waals surface area (Å²) in [5.74, 6) is -0.0768. The van der Waals surface area contributed by atoms with E-state index in [2.05, 4.69) is 5.32 Å². The Bertz CT molecular complexity index is 350. The Labute approximate surface area is 96.5 Å². The van der Waals surface area contributed by atoms with Crippen molar-refractivity contribution in [3.63, 3.8) is 0 Å². The quantitative estimate of drug-likeness (QED) is 0.797. The van der Waals surface area contributed by atoms with Crippen molar-refractivity contribution in [3.8, 4) is 0 Å². The van der Waals surface area contributed by atoms with E-state index in [-0.39, 0.29) is 12.0 Å². The Morgan fingerprint density at radius 3 is 2.88 bits per heavy atom. The normalized spacial score (nSPS) is 12.2. The summed E-state index contributed by atoms with van der Waals surface area (Å²) in [6, 6.07) is 7.47. The maximum atomic E-state index is 11.7. The molecule has 3 heteroatoms. The summed E-state index contributed by atoms with van der Waals surface area (Å²) in [7, 11) is 0. The molecule has 3 nitrogen and oxygen atoms in total. The fraction of sp³-hybridized carbons (Fsp3) is 0.462. The largest absolute Gasteiger partial charge is 0.393 e. The van der Waals surface area contributed by atoms with Crippen LogP contribution in [0.4, 0.5) is 0 Å². The predicted octanol–water partition coefficient (Wildman–Crippen LogP) is 1.89. The molecule has 0 saturated heterocycles. The monoisotopic (exact) mass is 221 g/mol. The van der Waals surface area contributed by atoms with Crippen molar-refractivity contribution in [2.45, 2.75) is 32.8 Å².